The van der Waals surface area contributed by atoms with E-state index in [-0.39, 0.29) is 18.6 Å². The van der Waals surface area contributed by atoms with Crippen LogP contribution in [0.5, 0.6) is 11.5 Å². The standard InChI is InChI=1S/C24H28N2O4/c1-2-26(16-18-6-4-3-5-7-18)23(28)11-13-24(12-10-22(27)25-24)15-19-8-9-20-21(14-19)30-17-29-20/h3-9,14H,2,10-13,15-17H2,1H3,(H,25,27). The molecule has 0 radical (unpaired) electrons. The highest BCUT2D eigenvalue weighted by molar-refractivity contribution is 5.80. The van der Waals surface area contributed by atoms with Crippen molar-refractivity contribution in [3.05, 3.63) is 59.7 Å². The normalized spacial score (nSPS) is 19.6. The lowest BCUT2D eigenvalue weighted by Crippen LogP contribution is -2.44. The van der Waals surface area contributed by atoms with Crippen LogP contribution in [0.25, 0.3) is 0 Å². The number of carbonyl (C=O) groups is 2. The quantitative estimate of drug-likeness (QED) is 0.727. The van der Waals surface area contributed by atoms with Gasteiger partial charge in [-0.15, -0.1) is 0 Å². The molecule has 6 nitrogen and oxygen atoms in total. The van der Waals surface area contributed by atoms with Crippen LogP contribution in [0.3, 0.4) is 0 Å². The Labute approximate surface area is 177 Å². The van der Waals surface area contributed by atoms with Crippen molar-refractivity contribution in [2.75, 3.05) is 13.3 Å². The van der Waals surface area contributed by atoms with E-state index < -0.39 is 5.54 Å². The minimum Gasteiger partial charge on any atom is -0.454 e. The highest BCUT2D eigenvalue weighted by Crippen LogP contribution is 2.36. The van der Waals surface area contributed by atoms with Crippen LogP contribution in [0.4, 0.5) is 0 Å². The number of nitrogens with zero attached hydrogens (tertiary/aromatic N) is 1. The molecule has 2 amide bonds. The number of hydrogen-bond acceptors (Lipinski definition) is 4. The lowest BCUT2D eigenvalue weighted by molar-refractivity contribution is -0.132. The second-order valence-corrected chi connectivity index (χ2v) is 8.09. The number of nitrogens with one attached hydrogen (secondary N) is 1. The molecule has 0 bridgehead atoms. The Morgan fingerprint density at radius 2 is 1.90 bits per heavy atom. The van der Waals surface area contributed by atoms with Crippen molar-refractivity contribution >= 4 is 11.8 Å². The molecule has 0 aliphatic carbocycles. The molecule has 0 saturated carbocycles. The van der Waals surface area contributed by atoms with Gasteiger partial charge in [0.25, 0.3) is 0 Å². The zero-order valence-electron chi connectivity index (χ0n) is 17.4. The van der Waals surface area contributed by atoms with E-state index in [1.807, 2.05) is 60.4 Å². The summed E-state index contributed by atoms with van der Waals surface area (Å²) in [5.74, 6) is 1.66. The minimum atomic E-state index is -0.396. The highest BCUT2D eigenvalue weighted by Gasteiger charge is 2.38. The predicted octanol–water partition coefficient (Wildman–Crippen LogP) is 3.44. The SMILES string of the molecule is CCN(Cc1ccccc1)C(=O)CCC1(Cc2ccc3c(c2)OCO3)CCC(=O)N1. The van der Waals surface area contributed by atoms with Crippen LogP contribution in [-0.4, -0.2) is 35.6 Å². The van der Waals surface area contributed by atoms with Crippen molar-refractivity contribution in [1.29, 1.82) is 0 Å². The zero-order valence-corrected chi connectivity index (χ0v) is 17.4. The maximum Gasteiger partial charge on any atom is 0.231 e. The zero-order chi connectivity index (χ0) is 21.0. The molecule has 2 aromatic rings. The lowest BCUT2D eigenvalue weighted by Gasteiger charge is -2.30. The van der Waals surface area contributed by atoms with Crippen LogP contribution >= 0.6 is 0 Å². The van der Waals surface area contributed by atoms with Gasteiger partial charge in [-0.1, -0.05) is 36.4 Å². The summed E-state index contributed by atoms with van der Waals surface area (Å²) in [6.07, 6.45) is 2.94. The van der Waals surface area contributed by atoms with Crippen molar-refractivity contribution in [3.63, 3.8) is 0 Å². The van der Waals surface area contributed by atoms with Crippen molar-refractivity contribution in [1.82, 2.24) is 10.2 Å². The molecular formula is C24H28N2O4. The first-order valence-corrected chi connectivity index (χ1v) is 10.6. The van der Waals surface area contributed by atoms with Gasteiger partial charge in [0.1, 0.15) is 0 Å². The summed E-state index contributed by atoms with van der Waals surface area (Å²) in [6, 6.07) is 15.9. The average molecular weight is 408 g/mol. The summed E-state index contributed by atoms with van der Waals surface area (Å²) in [6.45, 7) is 3.51. The van der Waals surface area contributed by atoms with Crippen LogP contribution in [0.15, 0.2) is 48.5 Å². The van der Waals surface area contributed by atoms with Crippen LogP contribution in [0.2, 0.25) is 0 Å². The molecule has 1 fully saturated rings. The van der Waals surface area contributed by atoms with Crippen molar-refractivity contribution < 1.29 is 19.1 Å². The van der Waals surface area contributed by atoms with Crippen LogP contribution in [0, 0.1) is 0 Å². The number of carbonyl (C=O) groups excluding carboxylic acids is 2. The lowest BCUT2D eigenvalue weighted by atomic mass is 9.84. The molecule has 0 aromatic heterocycles. The number of fused-ring (bicyclic) bond motifs is 1. The van der Waals surface area contributed by atoms with Gasteiger partial charge < -0.3 is 19.7 Å². The second-order valence-electron chi connectivity index (χ2n) is 8.09. The van der Waals surface area contributed by atoms with Crippen molar-refractivity contribution in [2.45, 2.75) is 51.1 Å². The number of rotatable bonds is 8. The molecule has 6 heteroatoms. The maximum absolute atomic E-state index is 12.9. The Kier molecular flexibility index (Phi) is 5.93. The third-order valence-electron chi connectivity index (χ3n) is 5.98. The van der Waals surface area contributed by atoms with E-state index in [2.05, 4.69) is 5.32 Å². The summed E-state index contributed by atoms with van der Waals surface area (Å²) in [7, 11) is 0. The van der Waals surface area contributed by atoms with Gasteiger partial charge in [0, 0.05) is 31.5 Å². The molecule has 1 saturated heterocycles. The summed E-state index contributed by atoms with van der Waals surface area (Å²) < 4.78 is 10.9. The molecule has 2 heterocycles. The van der Waals surface area contributed by atoms with Crippen molar-refractivity contribution in [2.24, 2.45) is 0 Å². The minimum absolute atomic E-state index is 0.0554. The Morgan fingerprint density at radius 1 is 1.10 bits per heavy atom. The molecule has 1 N–H and O–H groups in total. The Hall–Kier alpha value is -3.02. The molecule has 0 spiro atoms. The molecule has 1 atom stereocenters. The third-order valence-corrected chi connectivity index (χ3v) is 5.98. The van der Waals surface area contributed by atoms with E-state index >= 15 is 0 Å². The maximum atomic E-state index is 12.9. The molecule has 4 rings (SSSR count). The van der Waals surface area contributed by atoms with E-state index in [9.17, 15) is 9.59 Å². The largest absolute Gasteiger partial charge is 0.454 e. The molecule has 30 heavy (non-hydrogen) atoms. The van der Waals surface area contributed by atoms with Gasteiger partial charge in [-0.25, -0.2) is 0 Å². The van der Waals surface area contributed by atoms with Crippen LogP contribution < -0.4 is 14.8 Å². The topological polar surface area (TPSA) is 67.9 Å². The number of hydrogen-bond donors (Lipinski definition) is 1. The van der Waals surface area contributed by atoms with Gasteiger partial charge in [0.05, 0.1) is 0 Å². The van der Waals surface area contributed by atoms with Gasteiger partial charge in [-0.3, -0.25) is 9.59 Å². The molecular weight excluding hydrogens is 380 g/mol. The van der Waals surface area contributed by atoms with Gasteiger partial charge in [-0.2, -0.15) is 0 Å². The smallest absolute Gasteiger partial charge is 0.231 e. The van der Waals surface area contributed by atoms with Gasteiger partial charge in [0.2, 0.25) is 18.6 Å². The van der Waals surface area contributed by atoms with E-state index in [1.165, 1.54) is 0 Å². The number of amides is 2. The summed E-state index contributed by atoms with van der Waals surface area (Å²) in [5, 5.41) is 3.16. The fraction of sp³-hybridized carbons (Fsp3) is 0.417. The molecule has 2 aliphatic rings. The Bertz CT molecular complexity index is 915. The van der Waals surface area contributed by atoms with Crippen LogP contribution in [0.1, 0.15) is 43.7 Å². The Balaban J connectivity index is 1.42. The van der Waals surface area contributed by atoms with Gasteiger partial charge in [-0.05, 0) is 49.4 Å². The summed E-state index contributed by atoms with van der Waals surface area (Å²) >= 11 is 0. The number of ether oxygens (including phenoxy) is 2. The monoisotopic (exact) mass is 408 g/mol. The van der Waals surface area contributed by atoms with E-state index in [0.29, 0.717) is 38.8 Å². The first kappa shape index (κ1) is 20.3. The van der Waals surface area contributed by atoms with E-state index in [4.69, 9.17) is 9.47 Å². The molecule has 1 unspecified atom stereocenters. The summed E-state index contributed by atoms with van der Waals surface area (Å²) in [4.78, 5) is 26.9. The first-order chi connectivity index (χ1) is 14.6. The second kappa shape index (κ2) is 8.78. The van der Waals surface area contributed by atoms with Crippen LogP contribution in [-0.2, 0) is 22.6 Å². The fourth-order valence-electron chi connectivity index (χ4n) is 4.31. The predicted molar refractivity (Wildman–Crippen MR) is 113 cm³/mol. The molecule has 2 aromatic carbocycles. The van der Waals surface area contributed by atoms with E-state index in [0.717, 1.165) is 29.0 Å². The summed E-state index contributed by atoms with van der Waals surface area (Å²) in [5.41, 5.74) is 1.80. The number of benzene rings is 2. The third kappa shape index (κ3) is 4.58. The average Bonchev–Trinajstić information content (AvgIpc) is 3.37. The first-order valence-electron chi connectivity index (χ1n) is 10.6. The van der Waals surface area contributed by atoms with Gasteiger partial charge >= 0.3 is 0 Å². The van der Waals surface area contributed by atoms with Crippen molar-refractivity contribution in [3.8, 4) is 11.5 Å². The molecule has 2 aliphatic heterocycles. The van der Waals surface area contributed by atoms with E-state index in [1.54, 1.807) is 0 Å². The fourth-order valence-corrected chi connectivity index (χ4v) is 4.31. The molecule has 158 valence electrons. The van der Waals surface area contributed by atoms with Gasteiger partial charge in [0.15, 0.2) is 11.5 Å². The highest BCUT2D eigenvalue weighted by atomic mass is 16.7. The Morgan fingerprint density at radius 3 is 2.63 bits per heavy atom.